The summed E-state index contributed by atoms with van der Waals surface area (Å²) in [5.74, 6) is -4.84. The first kappa shape index (κ1) is 86.0. The smallest absolute Gasteiger partial charge is 0.341 e. The standard InChI is InChI=1S/C70H95N5O30/c1-83-12-16-94-20-24-98-28-32-102-59-45-64(105-35-31-101-27-23-97-19-15-86-4)54(74-69(79)49-40-55(75(81)82)65(92-10)43-57(49)88-6)38-47(59)67(77)71-51-36-46(56(87-5)41-61(51)90-8)66(76)73-53-37-48(68(78)72-52-39-50(70(80)93-11)58(89-7)42-62(52)91-9)60(103-33-29-99-25-21-95-17-13-84-2)44-63(53)104-34-30-100-26-22-96-18-14-85-3/h36-45H,12-35H2,1-11H3,(H,71,77)(H,72,78)(H,73,76)(H,74,79). The van der Waals surface area contributed by atoms with Crippen LogP contribution in [0.2, 0.25) is 0 Å². The predicted molar refractivity (Wildman–Crippen MR) is 377 cm³/mol. The van der Waals surface area contributed by atoms with E-state index >= 15 is 9.59 Å². The van der Waals surface area contributed by atoms with Crippen LogP contribution in [0.4, 0.5) is 28.4 Å². The lowest BCUT2D eigenvalue weighted by Crippen LogP contribution is -2.21. The second kappa shape index (κ2) is 49.2. The van der Waals surface area contributed by atoms with Gasteiger partial charge in [0.05, 0.1) is 232 Å². The topological polar surface area (TPSA) is 389 Å². The Morgan fingerprint density at radius 1 is 0.276 bits per heavy atom. The van der Waals surface area contributed by atoms with Crippen LogP contribution in [0.5, 0.6) is 57.5 Å². The first-order chi connectivity index (χ1) is 51.1. The van der Waals surface area contributed by atoms with Gasteiger partial charge in [0.2, 0.25) is 5.75 Å². The second-order valence-electron chi connectivity index (χ2n) is 21.2. The minimum Gasteiger partial charge on any atom is -0.496 e. The molecule has 0 atom stereocenters. The van der Waals surface area contributed by atoms with Crippen molar-refractivity contribution in [2.24, 2.45) is 0 Å². The Morgan fingerprint density at radius 2 is 0.505 bits per heavy atom. The monoisotopic (exact) mass is 1490 g/mol. The summed E-state index contributed by atoms with van der Waals surface area (Å²) in [4.78, 5) is 84.1. The largest absolute Gasteiger partial charge is 0.496 e. The summed E-state index contributed by atoms with van der Waals surface area (Å²) >= 11 is 0. The fourth-order valence-corrected chi connectivity index (χ4v) is 9.25. The summed E-state index contributed by atoms with van der Waals surface area (Å²) in [7, 11) is 15.1. The third-order valence-electron chi connectivity index (χ3n) is 14.4. The number of anilines is 4. The molecule has 4 amide bonds. The number of hydrogen-bond acceptors (Lipinski definition) is 30. The van der Waals surface area contributed by atoms with Crippen molar-refractivity contribution in [1.29, 1.82) is 0 Å². The van der Waals surface area contributed by atoms with Gasteiger partial charge in [0.25, 0.3) is 23.6 Å². The molecule has 0 saturated carbocycles. The van der Waals surface area contributed by atoms with Crippen molar-refractivity contribution < 1.29 is 138 Å². The summed E-state index contributed by atoms with van der Waals surface area (Å²) in [5, 5.41) is 23.3. The summed E-state index contributed by atoms with van der Waals surface area (Å²) in [5.41, 5.74) is -1.91. The quantitative estimate of drug-likeness (QED) is 0.0136. The highest BCUT2D eigenvalue weighted by Gasteiger charge is 2.29. The Balaban J connectivity index is 1.63. The number of nitro benzene ring substituents is 1. The van der Waals surface area contributed by atoms with E-state index in [-0.39, 0.29) is 214 Å². The molecule has 5 aromatic carbocycles. The molecule has 0 saturated heterocycles. The molecule has 105 heavy (non-hydrogen) atoms. The normalized spacial score (nSPS) is 10.9. The van der Waals surface area contributed by atoms with Gasteiger partial charge in [-0.05, 0) is 24.3 Å². The maximum Gasteiger partial charge on any atom is 0.341 e. The molecule has 0 aliphatic rings. The fourth-order valence-electron chi connectivity index (χ4n) is 9.25. The Hall–Kier alpha value is -9.63. The average Bonchev–Trinajstić information content (AvgIpc) is 0.794. The van der Waals surface area contributed by atoms with E-state index in [9.17, 15) is 24.5 Å². The molecule has 0 aromatic heterocycles. The van der Waals surface area contributed by atoms with E-state index in [1.54, 1.807) is 28.4 Å². The minimum absolute atomic E-state index is 0.00512. The van der Waals surface area contributed by atoms with Crippen molar-refractivity contribution in [2.45, 2.75) is 0 Å². The molecular weight excluding hydrogens is 1390 g/mol. The van der Waals surface area contributed by atoms with E-state index in [2.05, 4.69) is 21.3 Å². The zero-order valence-electron chi connectivity index (χ0n) is 60.9. The van der Waals surface area contributed by atoms with Crippen molar-refractivity contribution in [3.05, 3.63) is 98.6 Å². The number of ether oxygens (including phenoxy) is 23. The summed E-state index contributed by atoms with van der Waals surface area (Å²) in [6, 6.07) is 12.6. The van der Waals surface area contributed by atoms with Crippen LogP contribution in [-0.4, -0.2) is 271 Å². The molecule has 0 bridgehead atoms. The Labute approximate surface area is 608 Å². The number of hydrogen-bond donors (Lipinski definition) is 4. The molecule has 0 radical (unpaired) electrons. The second-order valence-corrected chi connectivity index (χ2v) is 21.2. The first-order valence-corrected chi connectivity index (χ1v) is 32.8. The molecule has 35 heteroatoms. The summed E-state index contributed by atoms with van der Waals surface area (Å²) < 4.78 is 128. The van der Waals surface area contributed by atoms with Crippen LogP contribution in [0.1, 0.15) is 51.8 Å². The lowest BCUT2D eigenvalue weighted by atomic mass is 10.1. The minimum atomic E-state index is -0.940. The van der Waals surface area contributed by atoms with Gasteiger partial charge in [-0.2, -0.15) is 0 Å². The van der Waals surface area contributed by atoms with Crippen LogP contribution in [-0.2, 0) is 61.6 Å². The number of carbonyl (C=O) groups is 5. The summed E-state index contributed by atoms with van der Waals surface area (Å²) in [6.07, 6.45) is 0. The predicted octanol–water partition coefficient (Wildman–Crippen LogP) is 6.68. The van der Waals surface area contributed by atoms with E-state index in [0.29, 0.717) is 52.9 Å². The van der Waals surface area contributed by atoms with Gasteiger partial charge >= 0.3 is 11.7 Å². The third-order valence-corrected chi connectivity index (χ3v) is 14.4. The van der Waals surface area contributed by atoms with Gasteiger partial charge in [-0.3, -0.25) is 29.3 Å². The molecule has 35 nitrogen and oxygen atoms in total. The first-order valence-electron chi connectivity index (χ1n) is 32.8. The van der Waals surface area contributed by atoms with Crippen molar-refractivity contribution in [3.8, 4) is 57.5 Å². The number of benzene rings is 5. The number of nitrogens with one attached hydrogen (secondary N) is 4. The van der Waals surface area contributed by atoms with Crippen molar-refractivity contribution in [1.82, 2.24) is 0 Å². The summed E-state index contributed by atoms with van der Waals surface area (Å²) in [6.45, 7) is 4.23. The number of carbonyl (C=O) groups excluding carboxylic acids is 5. The molecule has 5 rings (SSSR count). The van der Waals surface area contributed by atoms with E-state index in [0.717, 1.165) is 6.07 Å². The van der Waals surface area contributed by atoms with Gasteiger partial charge in [-0.15, -0.1) is 0 Å². The van der Waals surface area contributed by atoms with Crippen molar-refractivity contribution >= 4 is 58.0 Å². The maximum absolute atomic E-state index is 15.2. The Kier molecular flexibility index (Phi) is 40.3. The molecular formula is C70H95N5O30. The molecule has 0 spiro atoms. The highest BCUT2D eigenvalue weighted by atomic mass is 16.6. The highest BCUT2D eigenvalue weighted by Crippen LogP contribution is 2.42. The van der Waals surface area contributed by atoms with Gasteiger partial charge in [0.15, 0.2) is 0 Å². The van der Waals surface area contributed by atoms with Crippen LogP contribution >= 0.6 is 0 Å². The molecule has 4 N–H and O–H groups in total. The van der Waals surface area contributed by atoms with Crippen LogP contribution in [0.25, 0.3) is 0 Å². The van der Waals surface area contributed by atoms with E-state index in [1.165, 1.54) is 104 Å². The number of nitrogens with zero attached hydrogens (tertiary/aromatic N) is 1. The molecule has 0 aliphatic carbocycles. The fraction of sp³-hybridized carbons (Fsp3) is 0.500. The third kappa shape index (κ3) is 28.4. The average molecular weight is 1490 g/mol. The number of methoxy groups -OCH3 is 11. The van der Waals surface area contributed by atoms with E-state index in [1.807, 2.05) is 0 Å². The lowest BCUT2D eigenvalue weighted by Gasteiger charge is -2.20. The number of nitro groups is 1. The van der Waals surface area contributed by atoms with Crippen molar-refractivity contribution in [3.63, 3.8) is 0 Å². The van der Waals surface area contributed by atoms with Gasteiger partial charge in [-0.25, -0.2) is 4.79 Å². The molecule has 5 aromatic rings. The van der Waals surface area contributed by atoms with E-state index < -0.39 is 40.2 Å². The molecule has 0 fully saturated rings. The van der Waals surface area contributed by atoms with Gasteiger partial charge in [-0.1, -0.05) is 0 Å². The van der Waals surface area contributed by atoms with E-state index in [4.69, 9.17) is 109 Å². The Bertz CT molecular complexity index is 3530. The van der Waals surface area contributed by atoms with Crippen LogP contribution < -0.4 is 68.6 Å². The number of esters is 1. The van der Waals surface area contributed by atoms with Crippen molar-refractivity contribution in [2.75, 3.05) is 258 Å². The van der Waals surface area contributed by atoms with Crippen LogP contribution in [0, 0.1) is 10.1 Å². The SMILES string of the molecule is COCCOCCOCCOc1cc(OCCOCCOCCOC)c(C(=O)Nc2cc(C(=O)OC)c(OC)cc2OC)cc1NC(=O)c1cc(NC(=O)c2cc(NC(=O)c3cc([N+](=O)[O-])c(OC)cc3OC)c(OCCOCCOCCOC)cc2OCCOCCOCCOC)c(OC)cc1OC. The highest BCUT2D eigenvalue weighted by molar-refractivity contribution is 6.14. The lowest BCUT2D eigenvalue weighted by molar-refractivity contribution is -0.385. The zero-order chi connectivity index (χ0) is 76.1. The molecule has 0 unspecified atom stereocenters. The van der Waals surface area contributed by atoms with Gasteiger partial charge in [0.1, 0.15) is 83.7 Å². The van der Waals surface area contributed by atoms with Gasteiger partial charge in [0, 0.05) is 64.8 Å². The molecule has 0 heterocycles. The Morgan fingerprint density at radius 3 is 0.790 bits per heavy atom. The number of amides is 4. The van der Waals surface area contributed by atoms with Crippen LogP contribution in [0.15, 0.2) is 60.7 Å². The van der Waals surface area contributed by atoms with Gasteiger partial charge < -0.3 is 130 Å². The molecule has 580 valence electrons. The maximum atomic E-state index is 15.2. The zero-order valence-corrected chi connectivity index (χ0v) is 60.9. The van der Waals surface area contributed by atoms with Crippen LogP contribution in [0.3, 0.4) is 0 Å². The molecule has 0 aliphatic heterocycles. The number of rotatable bonds is 56.